The number of rotatable bonds is 2. The van der Waals surface area contributed by atoms with Gasteiger partial charge in [-0.15, -0.1) is 0 Å². The summed E-state index contributed by atoms with van der Waals surface area (Å²) in [6.07, 6.45) is 2.76. The third-order valence-corrected chi connectivity index (χ3v) is 4.40. The van der Waals surface area contributed by atoms with Gasteiger partial charge in [0.05, 0.1) is 5.52 Å². The molecule has 0 bridgehead atoms. The molecule has 144 valence electrons. The van der Waals surface area contributed by atoms with Crippen molar-refractivity contribution in [2.45, 2.75) is 45.3 Å². The number of hydrogen-bond acceptors (Lipinski definition) is 5. The van der Waals surface area contributed by atoms with Crippen molar-refractivity contribution in [2.75, 3.05) is 13.1 Å². The molecule has 1 saturated heterocycles. The molecule has 2 aromatic rings. The first-order valence-corrected chi connectivity index (χ1v) is 9.30. The minimum atomic E-state index is -0.556. The fourth-order valence-corrected chi connectivity index (χ4v) is 3.18. The predicted molar refractivity (Wildman–Crippen MR) is 103 cm³/mol. The van der Waals surface area contributed by atoms with Gasteiger partial charge in [0.25, 0.3) is 5.91 Å². The van der Waals surface area contributed by atoms with Crippen LogP contribution in [0, 0.1) is 0 Å². The molecule has 7 nitrogen and oxygen atoms in total. The number of likely N-dealkylation sites (tertiary alicyclic amines) is 1. The lowest BCUT2D eigenvalue weighted by atomic mass is 10.1. The minimum Gasteiger partial charge on any atom is -0.444 e. The summed E-state index contributed by atoms with van der Waals surface area (Å²) in [5.74, 6) is -0.166. The van der Waals surface area contributed by atoms with E-state index in [1.165, 1.54) is 0 Å². The van der Waals surface area contributed by atoms with Crippen molar-refractivity contribution in [3.63, 3.8) is 0 Å². The summed E-state index contributed by atoms with van der Waals surface area (Å²) < 4.78 is 5.30. The van der Waals surface area contributed by atoms with E-state index in [9.17, 15) is 9.59 Å². The van der Waals surface area contributed by atoms with E-state index in [2.05, 4.69) is 15.3 Å². The molecular formula is C19H23ClN4O3. The average Bonchev–Trinajstić information content (AvgIpc) is 2.59. The number of nitrogens with one attached hydrogen (secondary N) is 1. The molecule has 2 amide bonds. The van der Waals surface area contributed by atoms with Gasteiger partial charge in [-0.2, -0.15) is 0 Å². The van der Waals surface area contributed by atoms with Crippen molar-refractivity contribution >= 4 is 34.5 Å². The van der Waals surface area contributed by atoms with Crippen molar-refractivity contribution in [1.29, 1.82) is 0 Å². The van der Waals surface area contributed by atoms with E-state index in [0.29, 0.717) is 29.5 Å². The maximum absolute atomic E-state index is 12.9. The van der Waals surface area contributed by atoms with E-state index in [0.717, 1.165) is 18.2 Å². The molecule has 27 heavy (non-hydrogen) atoms. The quantitative estimate of drug-likeness (QED) is 0.794. The zero-order valence-corrected chi connectivity index (χ0v) is 16.4. The maximum Gasteiger partial charge on any atom is 0.407 e. The zero-order valence-electron chi connectivity index (χ0n) is 15.7. The van der Waals surface area contributed by atoms with E-state index >= 15 is 0 Å². The van der Waals surface area contributed by atoms with Crippen LogP contribution in [0.2, 0.25) is 5.15 Å². The van der Waals surface area contributed by atoms with Gasteiger partial charge in [0.1, 0.15) is 16.4 Å². The molecule has 1 aliphatic heterocycles. The van der Waals surface area contributed by atoms with Gasteiger partial charge in [-0.05, 0) is 45.7 Å². The molecule has 1 fully saturated rings. The molecule has 1 atom stereocenters. The summed E-state index contributed by atoms with van der Waals surface area (Å²) in [4.78, 5) is 35.0. The number of carbonyl (C=O) groups excluding carboxylic acids is 2. The van der Waals surface area contributed by atoms with Crippen LogP contribution in [0.5, 0.6) is 0 Å². The van der Waals surface area contributed by atoms with Gasteiger partial charge in [-0.25, -0.2) is 14.8 Å². The molecular weight excluding hydrogens is 368 g/mol. The second-order valence-electron chi connectivity index (χ2n) is 7.63. The molecule has 0 aliphatic carbocycles. The van der Waals surface area contributed by atoms with Gasteiger partial charge in [-0.3, -0.25) is 4.79 Å². The maximum atomic E-state index is 12.9. The van der Waals surface area contributed by atoms with Crippen molar-refractivity contribution < 1.29 is 14.3 Å². The molecule has 3 heterocycles. The largest absolute Gasteiger partial charge is 0.444 e. The summed E-state index contributed by atoms with van der Waals surface area (Å²) in [7, 11) is 0. The number of fused-ring (bicyclic) bond motifs is 1. The normalized spacial score (nSPS) is 17.6. The monoisotopic (exact) mass is 390 g/mol. The second-order valence-corrected chi connectivity index (χ2v) is 8.02. The fourth-order valence-electron chi connectivity index (χ4n) is 3.03. The van der Waals surface area contributed by atoms with Gasteiger partial charge < -0.3 is 15.0 Å². The lowest BCUT2D eigenvalue weighted by molar-refractivity contribution is 0.0451. The van der Waals surface area contributed by atoms with Crippen molar-refractivity contribution in [2.24, 2.45) is 0 Å². The van der Waals surface area contributed by atoms with Crippen LogP contribution in [0.15, 0.2) is 24.4 Å². The van der Waals surface area contributed by atoms with Gasteiger partial charge in [0, 0.05) is 36.8 Å². The number of pyridine rings is 2. The Morgan fingerprint density at radius 1 is 1.33 bits per heavy atom. The Hall–Kier alpha value is -2.41. The third-order valence-electron chi connectivity index (χ3n) is 4.19. The van der Waals surface area contributed by atoms with Crippen LogP contribution in [0.25, 0.3) is 10.9 Å². The highest BCUT2D eigenvalue weighted by Crippen LogP contribution is 2.18. The van der Waals surface area contributed by atoms with E-state index in [4.69, 9.17) is 16.3 Å². The molecule has 0 saturated carbocycles. The van der Waals surface area contributed by atoms with E-state index in [1.807, 2.05) is 20.8 Å². The second kappa shape index (κ2) is 7.68. The van der Waals surface area contributed by atoms with E-state index in [1.54, 1.807) is 29.3 Å². The van der Waals surface area contributed by atoms with Gasteiger partial charge in [0.2, 0.25) is 0 Å². The topological polar surface area (TPSA) is 84.4 Å². The lowest BCUT2D eigenvalue weighted by Gasteiger charge is -2.33. The first-order valence-electron chi connectivity index (χ1n) is 8.92. The van der Waals surface area contributed by atoms with Crippen molar-refractivity contribution in [1.82, 2.24) is 20.2 Å². The molecule has 1 aliphatic rings. The highest BCUT2D eigenvalue weighted by Gasteiger charge is 2.27. The molecule has 8 heteroatoms. The highest BCUT2D eigenvalue weighted by molar-refractivity contribution is 6.30. The van der Waals surface area contributed by atoms with Crippen LogP contribution in [0.1, 0.15) is 44.1 Å². The number of piperidine rings is 1. The Balaban J connectivity index is 1.68. The molecule has 1 N–H and O–H groups in total. The van der Waals surface area contributed by atoms with Crippen LogP contribution in [0.3, 0.4) is 0 Å². The van der Waals surface area contributed by atoms with E-state index < -0.39 is 11.7 Å². The first kappa shape index (κ1) is 19.4. The Kier molecular flexibility index (Phi) is 5.51. The van der Waals surface area contributed by atoms with Gasteiger partial charge >= 0.3 is 6.09 Å². The number of ether oxygens (including phenoxy) is 1. The molecule has 0 spiro atoms. The summed E-state index contributed by atoms with van der Waals surface area (Å²) in [6.45, 7) is 6.50. The molecule has 2 aromatic heterocycles. The summed E-state index contributed by atoms with van der Waals surface area (Å²) in [5, 5.41) is 4.00. The van der Waals surface area contributed by atoms with Crippen LogP contribution in [-0.2, 0) is 4.74 Å². The van der Waals surface area contributed by atoms with Crippen LogP contribution < -0.4 is 5.32 Å². The molecule has 0 aromatic carbocycles. The average molecular weight is 391 g/mol. The third kappa shape index (κ3) is 5.07. The van der Waals surface area contributed by atoms with Gasteiger partial charge in [-0.1, -0.05) is 11.6 Å². The summed E-state index contributed by atoms with van der Waals surface area (Å²) in [5.41, 5.74) is 0.420. The van der Waals surface area contributed by atoms with Crippen molar-refractivity contribution in [3.8, 4) is 0 Å². The fraction of sp³-hybridized carbons (Fsp3) is 0.474. The van der Waals surface area contributed by atoms with Crippen molar-refractivity contribution in [3.05, 3.63) is 35.2 Å². The number of alkyl carbamates (subject to hydrolysis) is 1. The van der Waals surface area contributed by atoms with Crippen LogP contribution in [0.4, 0.5) is 4.79 Å². The highest BCUT2D eigenvalue weighted by atomic mass is 35.5. The Morgan fingerprint density at radius 2 is 2.11 bits per heavy atom. The van der Waals surface area contributed by atoms with Crippen LogP contribution >= 0.6 is 11.6 Å². The number of amides is 2. The van der Waals surface area contributed by atoms with Crippen LogP contribution in [-0.4, -0.2) is 51.6 Å². The Morgan fingerprint density at radius 3 is 2.85 bits per heavy atom. The summed E-state index contributed by atoms with van der Waals surface area (Å²) >= 11 is 5.91. The Labute approximate surface area is 163 Å². The molecule has 3 rings (SSSR count). The number of halogens is 1. The smallest absolute Gasteiger partial charge is 0.407 e. The number of nitrogens with zero attached hydrogens (tertiary/aromatic N) is 3. The molecule has 1 unspecified atom stereocenters. The van der Waals surface area contributed by atoms with Gasteiger partial charge in [0.15, 0.2) is 0 Å². The standard InChI is InChI=1S/C19H23ClN4O3/c1-19(2,3)27-18(26)22-13-5-4-8-24(11-13)17(25)14-7-6-12-10-21-16(20)9-15(12)23-14/h6-7,9-10,13H,4-5,8,11H2,1-3H3,(H,22,26). The van der Waals surface area contributed by atoms with E-state index in [-0.39, 0.29) is 11.9 Å². The minimum absolute atomic E-state index is 0.142. The zero-order chi connectivity index (χ0) is 19.6. The number of carbonyl (C=O) groups is 2. The Bertz CT molecular complexity index is 866. The first-order chi connectivity index (χ1) is 12.7. The summed E-state index contributed by atoms with van der Waals surface area (Å²) in [6, 6.07) is 4.98. The number of hydrogen-bond donors (Lipinski definition) is 1. The SMILES string of the molecule is CC(C)(C)OC(=O)NC1CCCN(C(=O)c2ccc3cnc(Cl)cc3n2)C1. The molecule has 0 radical (unpaired) electrons. The number of aromatic nitrogens is 2. The predicted octanol–water partition coefficient (Wildman–Crippen LogP) is 3.41. The lowest BCUT2D eigenvalue weighted by Crippen LogP contribution is -2.50.